The Kier molecular flexibility index (Phi) is 5.62. The number of sulfonamides is 1. The summed E-state index contributed by atoms with van der Waals surface area (Å²) in [4.78, 5) is 0.235. The van der Waals surface area contributed by atoms with E-state index >= 15 is 0 Å². The molecule has 1 aromatic rings. The summed E-state index contributed by atoms with van der Waals surface area (Å²) in [6, 6.07) is 4.69. The Bertz CT molecular complexity index is 500. The van der Waals surface area contributed by atoms with Crippen molar-refractivity contribution in [2.75, 3.05) is 13.7 Å². The number of rotatable bonds is 6. The predicted octanol–water partition coefficient (Wildman–Crippen LogP) is 2.78. The molecule has 1 N–H and O–H groups in total. The lowest BCUT2D eigenvalue weighted by Crippen LogP contribution is -2.25. The molecule has 4 nitrogen and oxygen atoms in total. The summed E-state index contributed by atoms with van der Waals surface area (Å²) < 4.78 is 32.3. The third-order valence-electron chi connectivity index (χ3n) is 2.45. The highest BCUT2D eigenvalue weighted by Gasteiger charge is 2.15. The summed E-state index contributed by atoms with van der Waals surface area (Å²) >= 11 is 3.27. The second-order valence-corrected chi connectivity index (χ2v) is 7.00. The molecule has 0 radical (unpaired) electrons. The van der Waals surface area contributed by atoms with Gasteiger partial charge >= 0.3 is 0 Å². The molecule has 0 unspecified atom stereocenters. The lowest BCUT2D eigenvalue weighted by Gasteiger charge is -2.10. The second kappa shape index (κ2) is 6.54. The van der Waals surface area contributed by atoms with Crippen LogP contribution in [0.2, 0.25) is 0 Å². The van der Waals surface area contributed by atoms with Gasteiger partial charge in [-0.3, -0.25) is 0 Å². The predicted molar refractivity (Wildman–Crippen MR) is 75.3 cm³/mol. The van der Waals surface area contributed by atoms with E-state index in [9.17, 15) is 8.42 Å². The molecule has 0 atom stereocenters. The maximum Gasteiger partial charge on any atom is 0.240 e. The molecule has 0 aromatic heterocycles. The van der Waals surface area contributed by atoms with Crippen LogP contribution in [0.3, 0.4) is 0 Å². The molecule has 0 aliphatic heterocycles. The van der Waals surface area contributed by atoms with Crippen molar-refractivity contribution >= 4 is 26.0 Å². The largest absolute Gasteiger partial charge is 0.496 e. The van der Waals surface area contributed by atoms with Crippen molar-refractivity contribution in [2.45, 2.75) is 25.2 Å². The number of ether oxygens (including phenoxy) is 1. The third kappa shape index (κ3) is 4.26. The van der Waals surface area contributed by atoms with Crippen molar-refractivity contribution in [3.8, 4) is 5.75 Å². The standard InChI is InChI=1S/C12H18BrNO3S/c1-9(2)6-7-14-18(15,16)10-4-5-12(17-3)11(13)8-10/h4-5,8-9,14H,6-7H2,1-3H3. The van der Waals surface area contributed by atoms with Crippen LogP contribution >= 0.6 is 15.9 Å². The number of halogens is 1. The molecule has 0 spiro atoms. The van der Waals surface area contributed by atoms with E-state index < -0.39 is 10.0 Å². The second-order valence-electron chi connectivity index (χ2n) is 4.38. The van der Waals surface area contributed by atoms with Crippen LogP contribution in [0.4, 0.5) is 0 Å². The van der Waals surface area contributed by atoms with Crippen molar-refractivity contribution in [3.63, 3.8) is 0 Å². The Morgan fingerprint density at radius 2 is 2.06 bits per heavy atom. The van der Waals surface area contributed by atoms with Gasteiger partial charge in [0.1, 0.15) is 5.75 Å². The van der Waals surface area contributed by atoms with Gasteiger partial charge in [0.15, 0.2) is 0 Å². The van der Waals surface area contributed by atoms with Gasteiger partial charge in [-0.15, -0.1) is 0 Å². The van der Waals surface area contributed by atoms with E-state index in [4.69, 9.17) is 4.74 Å². The molecular weight excluding hydrogens is 318 g/mol. The molecule has 18 heavy (non-hydrogen) atoms. The molecule has 0 heterocycles. The van der Waals surface area contributed by atoms with E-state index in [1.54, 1.807) is 6.07 Å². The first-order chi connectivity index (χ1) is 8.36. The van der Waals surface area contributed by atoms with Crippen molar-refractivity contribution in [1.82, 2.24) is 4.72 Å². The summed E-state index contributed by atoms with van der Waals surface area (Å²) in [5, 5.41) is 0. The molecule has 0 bridgehead atoms. The molecular formula is C12H18BrNO3S. The van der Waals surface area contributed by atoms with Gasteiger partial charge in [-0.05, 0) is 46.5 Å². The zero-order chi connectivity index (χ0) is 13.8. The molecule has 1 rings (SSSR count). The summed E-state index contributed by atoms with van der Waals surface area (Å²) in [6.07, 6.45) is 0.816. The number of methoxy groups -OCH3 is 1. The number of hydrogen-bond donors (Lipinski definition) is 1. The monoisotopic (exact) mass is 335 g/mol. The molecule has 0 amide bonds. The molecule has 102 valence electrons. The van der Waals surface area contributed by atoms with Crippen LogP contribution < -0.4 is 9.46 Å². The van der Waals surface area contributed by atoms with Crippen LogP contribution in [0.1, 0.15) is 20.3 Å². The van der Waals surface area contributed by atoms with Crippen molar-refractivity contribution < 1.29 is 13.2 Å². The summed E-state index contributed by atoms with van der Waals surface area (Å²) in [5.74, 6) is 1.08. The molecule has 0 fully saturated rings. The molecule has 0 saturated carbocycles. The first-order valence-corrected chi connectivity index (χ1v) is 7.97. The van der Waals surface area contributed by atoms with Crippen molar-refractivity contribution in [1.29, 1.82) is 0 Å². The summed E-state index contributed by atoms with van der Waals surface area (Å²) in [6.45, 7) is 4.56. The lowest BCUT2D eigenvalue weighted by molar-refractivity contribution is 0.411. The first kappa shape index (κ1) is 15.5. The van der Waals surface area contributed by atoms with E-state index in [0.717, 1.165) is 6.42 Å². The topological polar surface area (TPSA) is 55.4 Å². The highest BCUT2D eigenvalue weighted by atomic mass is 79.9. The van der Waals surface area contributed by atoms with E-state index in [2.05, 4.69) is 34.5 Å². The Labute approximate surface area is 117 Å². The van der Waals surface area contributed by atoms with Crippen LogP contribution in [0.5, 0.6) is 5.75 Å². The normalized spacial score (nSPS) is 11.8. The van der Waals surface area contributed by atoms with Gasteiger partial charge in [0.2, 0.25) is 10.0 Å². The third-order valence-corrected chi connectivity index (χ3v) is 4.53. The molecule has 1 aromatic carbocycles. The van der Waals surface area contributed by atoms with Crippen LogP contribution in [0.15, 0.2) is 27.6 Å². The van der Waals surface area contributed by atoms with Gasteiger partial charge in [0.25, 0.3) is 0 Å². The number of nitrogens with one attached hydrogen (secondary N) is 1. The Morgan fingerprint density at radius 3 is 2.56 bits per heavy atom. The van der Waals surface area contributed by atoms with E-state index in [0.29, 0.717) is 22.7 Å². The van der Waals surface area contributed by atoms with Gasteiger partial charge in [0.05, 0.1) is 16.5 Å². The SMILES string of the molecule is COc1ccc(S(=O)(=O)NCCC(C)C)cc1Br. The fraction of sp³-hybridized carbons (Fsp3) is 0.500. The van der Waals surface area contributed by atoms with Crippen molar-refractivity contribution in [2.24, 2.45) is 5.92 Å². The smallest absolute Gasteiger partial charge is 0.240 e. The van der Waals surface area contributed by atoms with Gasteiger partial charge in [-0.1, -0.05) is 13.8 Å². The zero-order valence-corrected chi connectivity index (χ0v) is 13.1. The van der Waals surface area contributed by atoms with Crippen LogP contribution in [-0.2, 0) is 10.0 Å². The fourth-order valence-corrected chi connectivity index (χ4v) is 3.15. The van der Waals surface area contributed by atoms with Gasteiger partial charge in [-0.25, -0.2) is 13.1 Å². The minimum Gasteiger partial charge on any atom is -0.496 e. The lowest BCUT2D eigenvalue weighted by atomic mass is 10.1. The number of benzene rings is 1. The maximum atomic E-state index is 12.0. The Morgan fingerprint density at radius 1 is 1.39 bits per heavy atom. The minimum absolute atomic E-state index is 0.235. The van der Waals surface area contributed by atoms with Crippen molar-refractivity contribution in [3.05, 3.63) is 22.7 Å². The van der Waals surface area contributed by atoms with Gasteiger partial charge in [-0.2, -0.15) is 0 Å². The van der Waals surface area contributed by atoms with E-state index in [-0.39, 0.29) is 4.90 Å². The maximum absolute atomic E-state index is 12.0. The molecule has 0 saturated heterocycles. The average Bonchev–Trinajstić information content (AvgIpc) is 2.28. The first-order valence-electron chi connectivity index (χ1n) is 5.70. The Hall–Kier alpha value is -0.590. The van der Waals surface area contributed by atoms with E-state index in [1.165, 1.54) is 19.2 Å². The zero-order valence-electron chi connectivity index (χ0n) is 10.7. The fourth-order valence-electron chi connectivity index (χ4n) is 1.38. The van der Waals surface area contributed by atoms with Gasteiger partial charge in [0, 0.05) is 6.54 Å². The Balaban J connectivity index is 2.82. The van der Waals surface area contributed by atoms with Gasteiger partial charge < -0.3 is 4.74 Å². The molecule has 6 heteroatoms. The highest BCUT2D eigenvalue weighted by Crippen LogP contribution is 2.27. The highest BCUT2D eigenvalue weighted by molar-refractivity contribution is 9.10. The number of hydrogen-bond acceptors (Lipinski definition) is 3. The van der Waals surface area contributed by atoms with E-state index in [1.807, 2.05) is 0 Å². The quantitative estimate of drug-likeness (QED) is 0.869. The molecule has 0 aliphatic rings. The average molecular weight is 336 g/mol. The van der Waals surface area contributed by atoms with Crippen LogP contribution in [0, 0.1) is 5.92 Å². The summed E-state index contributed by atoms with van der Waals surface area (Å²) in [7, 11) is -1.90. The summed E-state index contributed by atoms with van der Waals surface area (Å²) in [5.41, 5.74) is 0. The molecule has 0 aliphatic carbocycles. The minimum atomic E-state index is -3.44. The van der Waals surface area contributed by atoms with Crippen LogP contribution in [0.25, 0.3) is 0 Å². The van der Waals surface area contributed by atoms with Crippen LogP contribution in [-0.4, -0.2) is 22.1 Å².